The molecular formula is C78H184N6O6SSi8. The number of nitrogens with one attached hydrogen (secondary N) is 3. The third kappa shape index (κ3) is 150. The molecule has 4 rings (SSSR count). The third-order valence-electron chi connectivity index (χ3n) is 9.77. The van der Waals surface area contributed by atoms with Gasteiger partial charge in [-0.15, -0.1) is 28.5 Å². The molecule has 2 aliphatic rings. The molecule has 0 aliphatic carbocycles. The summed E-state index contributed by atoms with van der Waals surface area (Å²) in [6.45, 7) is 49.8. The molecule has 99 heavy (non-hydrogen) atoms. The second kappa shape index (κ2) is 116. The lowest BCUT2D eigenvalue weighted by Gasteiger charge is -2.01. The summed E-state index contributed by atoms with van der Waals surface area (Å²) in [5.41, 5.74) is 36.0. The molecule has 9 N–H and O–H groups in total. The highest BCUT2D eigenvalue weighted by Gasteiger charge is 2.22. The molecular weight excluding hydrogens is 1370 g/mol. The van der Waals surface area contributed by atoms with Crippen LogP contribution in [0.15, 0.2) is 167 Å². The van der Waals surface area contributed by atoms with Gasteiger partial charge in [0.2, 0.25) is 0 Å². The molecule has 600 valence electrons. The van der Waals surface area contributed by atoms with Crippen LogP contribution in [0.25, 0.3) is 0 Å². The summed E-state index contributed by atoms with van der Waals surface area (Å²) in [7, 11) is -1.96. The Kier molecular flexibility index (Phi) is 171. The highest BCUT2D eigenvalue weighted by molar-refractivity contribution is 7.80. The van der Waals surface area contributed by atoms with Crippen LogP contribution in [0.1, 0.15) is 111 Å². The van der Waals surface area contributed by atoms with E-state index in [9.17, 15) is 4.79 Å². The quantitative estimate of drug-likeness (QED) is 0.00948. The predicted octanol–water partition coefficient (Wildman–Crippen LogP) is 18.8. The minimum absolute atomic E-state index is 0. The van der Waals surface area contributed by atoms with Gasteiger partial charge in [-0.3, -0.25) is 0 Å². The molecule has 2 heterocycles. The largest absolute Gasteiger partial charge is 0.458 e. The highest BCUT2D eigenvalue weighted by atomic mass is 32.1. The Morgan fingerprint density at radius 1 is 0.505 bits per heavy atom. The number of carbonyl (C=O) groups excluding carboxylic acids is 1. The molecule has 0 bridgehead atoms. The maximum Gasteiger partial charge on any atom is 0.333 e. The fraction of sp³-hybridized carbons (Fsp3) is 0.603. The number of carbonyl (C=O) groups is 1. The molecule has 2 unspecified atom stereocenters. The molecule has 0 aromatic heterocycles. The minimum atomic E-state index is -0.652. The Bertz CT molecular complexity index is 1880. The Labute approximate surface area is 644 Å². The summed E-state index contributed by atoms with van der Waals surface area (Å²) in [4.78, 5) is 10.8. The molecule has 2 atom stereocenters. The van der Waals surface area contributed by atoms with Crippen LogP contribution in [0.4, 0.5) is 11.4 Å². The van der Waals surface area contributed by atoms with Gasteiger partial charge in [-0.2, -0.15) is 12.6 Å². The average Bonchev–Trinajstić information content (AvgIpc) is 1.89. The van der Waals surface area contributed by atoms with Crippen molar-refractivity contribution in [1.82, 2.24) is 5.32 Å². The number of esters is 1. The normalized spacial score (nSPS) is 12.2. The van der Waals surface area contributed by atoms with Crippen molar-refractivity contribution in [3.63, 3.8) is 0 Å². The van der Waals surface area contributed by atoms with Gasteiger partial charge in [0.15, 0.2) is 0 Å². The summed E-state index contributed by atoms with van der Waals surface area (Å²) in [5, 5.41) is 9.87. The summed E-state index contributed by atoms with van der Waals surface area (Å²) >= 11 is 3.99. The zero-order valence-corrected chi connectivity index (χ0v) is 67.0. The minimum Gasteiger partial charge on any atom is -0.458 e. The Hall–Kier alpha value is -3.06. The van der Waals surface area contributed by atoms with Crippen LogP contribution in [0.5, 0.6) is 0 Å². The number of nitrogens with two attached hydrogens (primary N) is 3. The molecule has 12 nitrogen and oxygen atoms in total. The zero-order valence-electron chi connectivity index (χ0n) is 56.6. The van der Waals surface area contributed by atoms with E-state index in [1.165, 1.54) is 18.4 Å². The van der Waals surface area contributed by atoms with Crippen LogP contribution in [0, 0.1) is 0 Å². The van der Waals surface area contributed by atoms with Gasteiger partial charge in [0.05, 0.1) is 101 Å². The topological polar surface area (TPSA) is 184 Å². The monoisotopic (exact) mass is 1560 g/mol. The number of hydrogen-bond donors (Lipinski definition) is 7. The molecule has 2 saturated heterocycles. The fourth-order valence-corrected chi connectivity index (χ4v) is 11.1. The van der Waals surface area contributed by atoms with Crippen molar-refractivity contribution >= 4 is 101 Å². The summed E-state index contributed by atoms with van der Waals surface area (Å²) < 4.78 is 25.5. The molecule has 0 spiro atoms. The number of epoxide rings is 2. The Balaban J connectivity index is -0.0000000428. The van der Waals surface area contributed by atoms with Crippen LogP contribution in [-0.2, 0) is 28.5 Å². The van der Waals surface area contributed by atoms with Crippen LogP contribution in [0.3, 0.4) is 0 Å². The highest BCUT2D eigenvalue weighted by Crippen LogP contribution is 2.09. The number of thiol groups is 1. The first-order valence-electron chi connectivity index (χ1n) is 31.0. The molecule has 0 radical (unpaired) electrons. The average molecular weight is 1560 g/mol. The van der Waals surface area contributed by atoms with Crippen LogP contribution >= 0.6 is 12.6 Å². The van der Waals surface area contributed by atoms with E-state index in [0.29, 0.717) is 30.9 Å². The van der Waals surface area contributed by atoms with Gasteiger partial charge >= 0.3 is 5.97 Å². The molecule has 0 saturated carbocycles. The maximum atomic E-state index is 10.8. The smallest absolute Gasteiger partial charge is 0.333 e. The molecule has 2 aliphatic heterocycles. The van der Waals surface area contributed by atoms with Crippen molar-refractivity contribution in [1.29, 1.82) is 0 Å². The van der Waals surface area contributed by atoms with Crippen molar-refractivity contribution < 1.29 is 28.5 Å². The summed E-state index contributed by atoms with van der Waals surface area (Å²) in [6.07, 6.45) is 17.8. The van der Waals surface area contributed by atoms with Gasteiger partial charge in [0, 0.05) is 71.5 Å². The van der Waals surface area contributed by atoms with Crippen LogP contribution in [0.2, 0.25) is 98.2 Å². The van der Waals surface area contributed by atoms with E-state index in [1.807, 2.05) is 48.6 Å². The standard InChI is InChI=1S/2C11H17NSi.C9H16O2Si.2C8H16O2Si.C7H18N2Si.C5H13NSi.C4H10SSi.CH5N.14CH4/c2*1-13(2)10-6-9-12-11-7-4-3-5-8-11;1-8(2)9(10)11-6-5-7-12(3)4;2*1-11(2)5-3-4-9-6-8-7-10-8;1-10(2)7-3-5-9-6-4-8;1-7(2)5-3-4-6;1-6-4-2-3-5;1-2;;;;;;;;;;;;;;/h2*3-8,10,12-13H,9H2,1-2H3;5,7,12H,1,6H2,2-4H3;2*3,5,8,11H,4,6-7H2,1-2H3;3,7,9-10H,4-6,8H2,1-2H3;3,5,7H,4,6H2,1-2H3;2,4-5H,3,6H2,1H3;2H2,1H3;14*1H4. The molecule has 2 aromatic carbocycles. The van der Waals surface area contributed by atoms with Gasteiger partial charge in [-0.05, 0) is 38.2 Å². The van der Waals surface area contributed by atoms with Gasteiger partial charge in [0.1, 0.15) is 18.8 Å². The SMILES string of the molecule is C.C.C.C.C.C.C.C.C.C.C.C.C.C.C=C(C)C(=O)OCC=C[SiH](C)C.CN.C[SiH2]C=CCS.C[SiH](C)C=CCN.C[SiH](C)C=CCNCCN.C[SiH](C)C=CCNc1ccccc1.C[SiH](C)C=CCNc1ccccc1.C[SiH](C)C=CCOCC1CO1.C[SiH](C)C=CCOCC1CO1. The van der Waals surface area contributed by atoms with E-state index in [4.69, 9.17) is 35.2 Å². The Morgan fingerprint density at radius 2 is 0.798 bits per heavy atom. The number of para-hydroxylation sites is 2. The molecule has 2 aromatic rings. The Morgan fingerprint density at radius 3 is 1.04 bits per heavy atom. The first-order valence-corrected chi connectivity index (χ1v) is 54.7. The van der Waals surface area contributed by atoms with Crippen molar-refractivity contribution in [3.8, 4) is 0 Å². The summed E-state index contributed by atoms with van der Waals surface area (Å²) in [5.74, 6) is 0.589. The number of ether oxygens (including phenoxy) is 5. The van der Waals surface area contributed by atoms with Crippen LogP contribution in [-0.4, -0.2) is 188 Å². The van der Waals surface area contributed by atoms with E-state index in [-0.39, 0.29) is 119 Å². The molecule has 21 heteroatoms. The first-order chi connectivity index (χ1) is 40.6. The van der Waals surface area contributed by atoms with Gasteiger partial charge in [-0.1, -0.05) is 311 Å². The second-order valence-electron chi connectivity index (χ2n) is 21.9. The predicted molar refractivity (Wildman–Crippen MR) is 506 cm³/mol. The lowest BCUT2D eigenvalue weighted by Crippen LogP contribution is -2.22. The van der Waals surface area contributed by atoms with Crippen molar-refractivity contribution in [2.75, 3.05) is 109 Å². The third-order valence-corrected chi connectivity index (χ3v) is 18.1. The van der Waals surface area contributed by atoms with E-state index >= 15 is 0 Å². The van der Waals surface area contributed by atoms with Crippen molar-refractivity contribution in [2.24, 2.45) is 17.2 Å². The summed E-state index contributed by atoms with van der Waals surface area (Å²) in [6, 6.07) is 20.6. The number of hydrogen-bond acceptors (Lipinski definition) is 13. The molecule has 0 amide bonds. The van der Waals surface area contributed by atoms with Gasteiger partial charge in [-0.25, -0.2) is 4.79 Å². The number of rotatable bonds is 31. The lowest BCUT2D eigenvalue weighted by molar-refractivity contribution is -0.137. The van der Waals surface area contributed by atoms with Crippen LogP contribution < -0.4 is 33.2 Å². The van der Waals surface area contributed by atoms with Gasteiger partial charge in [0.25, 0.3) is 0 Å². The number of anilines is 2. The first kappa shape index (κ1) is 146. The second-order valence-corrected chi connectivity index (χ2v) is 43.6. The van der Waals surface area contributed by atoms with Crippen molar-refractivity contribution in [3.05, 3.63) is 167 Å². The fourth-order valence-electron chi connectivity index (χ4n) is 5.46. The van der Waals surface area contributed by atoms with Gasteiger partial charge < -0.3 is 56.8 Å². The van der Waals surface area contributed by atoms with E-state index in [0.717, 1.165) is 78.1 Å². The molecule has 2 fully saturated rings. The van der Waals surface area contributed by atoms with E-state index in [1.54, 1.807) is 6.92 Å². The zero-order chi connectivity index (χ0) is 65.2. The maximum absolute atomic E-state index is 10.8. The lowest BCUT2D eigenvalue weighted by atomic mass is 10.3. The van der Waals surface area contributed by atoms with E-state index in [2.05, 4.69) is 245 Å². The van der Waals surface area contributed by atoms with E-state index < -0.39 is 61.6 Å². The van der Waals surface area contributed by atoms with Crippen molar-refractivity contribution in [2.45, 2.75) is 221 Å². The number of benzene rings is 2.